The van der Waals surface area contributed by atoms with E-state index < -0.39 is 0 Å². The van der Waals surface area contributed by atoms with Crippen LogP contribution in [0.25, 0.3) is 0 Å². The first-order valence-electron chi connectivity index (χ1n) is 7.79. The monoisotopic (exact) mass is 306 g/mol. The van der Waals surface area contributed by atoms with Crippen LogP contribution < -0.4 is 15.1 Å². The van der Waals surface area contributed by atoms with E-state index in [0.29, 0.717) is 25.0 Å². The molecule has 2 rings (SSSR count). The van der Waals surface area contributed by atoms with Crippen molar-refractivity contribution in [3.05, 3.63) is 5.82 Å². The Labute approximate surface area is 132 Å². The van der Waals surface area contributed by atoms with Gasteiger partial charge in [-0.05, 0) is 5.92 Å². The molecule has 1 aliphatic heterocycles. The minimum Gasteiger partial charge on any atom is -0.353 e. The first-order valence-corrected chi connectivity index (χ1v) is 7.79. The molecule has 0 unspecified atom stereocenters. The molecule has 7 nitrogen and oxygen atoms in total. The third-order valence-electron chi connectivity index (χ3n) is 3.69. The van der Waals surface area contributed by atoms with E-state index in [-0.39, 0.29) is 23.8 Å². The summed E-state index contributed by atoms with van der Waals surface area (Å²) in [4.78, 5) is 29.7. The third kappa shape index (κ3) is 3.28. The van der Waals surface area contributed by atoms with Crippen molar-refractivity contribution in [1.82, 2.24) is 20.3 Å². The van der Waals surface area contributed by atoms with Gasteiger partial charge in [-0.3, -0.25) is 4.79 Å². The van der Waals surface area contributed by atoms with Gasteiger partial charge >= 0.3 is 0 Å². The Balaban J connectivity index is 2.47. The predicted octanol–water partition coefficient (Wildman–Crippen LogP) is 1.02. The average Bonchev–Trinajstić information content (AvgIpc) is 2.45. The molecule has 0 aromatic carbocycles. The van der Waals surface area contributed by atoms with Crippen LogP contribution >= 0.6 is 0 Å². The summed E-state index contributed by atoms with van der Waals surface area (Å²) in [6.07, 6.45) is 0. The van der Waals surface area contributed by atoms with Crippen LogP contribution in [-0.4, -0.2) is 54.1 Å². The van der Waals surface area contributed by atoms with E-state index in [1.165, 1.54) is 0 Å². The van der Waals surface area contributed by atoms with Gasteiger partial charge in [-0.2, -0.15) is 15.0 Å². The van der Waals surface area contributed by atoms with Gasteiger partial charge in [0, 0.05) is 33.1 Å². The summed E-state index contributed by atoms with van der Waals surface area (Å²) in [6, 6.07) is -0.244. The lowest BCUT2D eigenvalue weighted by Gasteiger charge is -2.37. The standard InChI is InChI=1S/C15H26N6O/c1-9(2)11-13(22)16-7-8-21(11)15-18-12(10(3)4)17-14(19-15)20(5)6/h9-11H,7-8H2,1-6H3,(H,16,22)/t11-/m1/s1. The molecule has 1 aromatic rings. The Bertz CT molecular complexity index is 517. The highest BCUT2D eigenvalue weighted by molar-refractivity contribution is 5.86. The number of carbonyl (C=O) groups is 1. The maximum Gasteiger partial charge on any atom is 0.243 e. The number of carbonyl (C=O) groups excluding carboxylic acids is 1. The Morgan fingerprint density at radius 1 is 1.18 bits per heavy atom. The fourth-order valence-corrected chi connectivity index (χ4v) is 2.53. The van der Waals surface area contributed by atoms with Gasteiger partial charge in [0.25, 0.3) is 0 Å². The smallest absolute Gasteiger partial charge is 0.243 e. The summed E-state index contributed by atoms with van der Waals surface area (Å²) in [7, 11) is 3.82. The molecule has 22 heavy (non-hydrogen) atoms. The molecule has 0 radical (unpaired) electrons. The molecule has 122 valence electrons. The van der Waals surface area contributed by atoms with Gasteiger partial charge in [-0.1, -0.05) is 27.7 Å². The third-order valence-corrected chi connectivity index (χ3v) is 3.69. The summed E-state index contributed by atoms with van der Waals surface area (Å²) >= 11 is 0. The van der Waals surface area contributed by atoms with Crippen LogP contribution in [0.2, 0.25) is 0 Å². The summed E-state index contributed by atoms with van der Waals surface area (Å²) in [5, 5.41) is 2.93. The van der Waals surface area contributed by atoms with Crippen molar-refractivity contribution >= 4 is 17.8 Å². The van der Waals surface area contributed by atoms with Gasteiger partial charge in [0.05, 0.1) is 0 Å². The van der Waals surface area contributed by atoms with Crippen LogP contribution in [0.5, 0.6) is 0 Å². The van der Waals surface area contributed by atoms with Gasteiger partial charge in [-0.15, -0.1) is 0 Å². The lowest BCUT2D eigenvalue weighted by atomic mass is 10.00. The quantitative estimate of drug-likeness (QED) is 0.895. The normalized spacial score (nSPS) is 18.8. The summed E-state index contributed by atoms with van der Waals surface area (Å²) < 4.78 is 0. The highest BCUT2D eigenvalue weighted by Gasteiger charge is 2.34. The maximum atomic E-state index is 12.2. The van der Waals surface area contributed by atoms with Crippen LogP contribution in [0.15, 0.2) is 0 Å². The minimum absolute atomic E-state index is 0.0409. The molecule has 2 heterocycles. The van der Waals surface area contributed by atoms with Crippen molar-refractivity contribution in [3.8, 4) is 0 Å². The molecule has 0 saturated carbocycles. The number of hydrogen-bond acceptors (Lipinski definition) is 6. The van der Waals surface area contributed by atoms with Gasteiger partial charge < -0.3 is 15.1 Å². The molecular formula is C15H26N6O. The molecule has 1 aliphatic rings. The molecule has 0 bridgehead atoms. The molecule has 0 aliphatic carbocycles. The number of piperazine rings is 1. The van der Waals surface area contributed by atoms with Crippen LogP contribution in [0.4, 0.5) is 11.9 Å². The second kappa shape index (κ2) is 6.46. The molecule has 1 amide bonds. The fourth-order valence-electron chi connectivity index (χ4n) is 2.53. The van der Waals surface area contributed by atoms with E-state index in [4.69, 9.17) is 0 Å². The highest BCUT2D eigenvalue weighted by Crippen LogP contribution is 2.23. The van der Waals surface area contributed by atoms with E-state index in [0.717, 1.165) is 5.82 Å². The zero-order valence-corrected chi connectivity index (χ0v) is 14.3. The van der Waals surface area contributed by atoms with Crippen molar-refractivity contribution in [3.63, 3.8) is 0 Å². The van der Waals surface area contributed by atoms with Crippen molar-refractivity contribution in [1.29, 1.82) is 0 Å². The summed E-state index contributed by atoms with van der Waals surface area (Å²) in [5.74, 6) is 2.40. The summed E-state index contributed by atoms with van der Waals surface area (Å²) in [6.45, 7) is 9.52. The fraction of sp³-hybridized carbons (Fsp3) is 0.733. The summed E-state index contributed by atoms with van der Waals surface area (Å²) in [5.41, 5.74) is 0. The lowest BCUT2D eigenvalue weighted by molar-refractivity contribution is -0.124. The van der Waals surface area contributed by atoms with Crippen LogP contribution in [0.3, 0.4) is 0 Å². The van der Waals surface area contributed by atoms with Crippen molar-refractivity contribution in [2.24, 2.45) is 5.92 Å². The Kier molecular flexibility index (Phi) is 4.83. The van der Waals surface area contributed by atoms with E-state index in [9.17, 15) is 4.79 Å². The molecule has 1 N–H and O–H groups in total. The molecule has 0 spiro atoms. The number of hydrogen-bond donors (Lipinski definition) is 1. The zero-order valence-electron chi connectivity index (χ0n) is 14.3. The number of aromatic nitrogens is 3. The lowest BCUT2D eigenvalue weighted by Crippen LogP contribution is -2.58. The maximum absolute atomic E-state index is 12.2. The number of nitrogens with zero attached hydrogens (tertiary/aromatic N) is 5. The van der Waals surface area contributed by atoms with Gasteiger partial charge in [-0.25, -0.2) is 0 Å². The number of amides is 1. The Hall–Kier alpha value is -1.92. The number of rotatable bonds is 4. The Morgan fingerprint density at radius 2 is 1.86 bits per heavy atom. The van der Waals surface area contributed by atoms with Crippen molar-refractivity contribution < 1.29 is 4.79 Å². The van der Waals surface area contributed by atoms with E-state index in [1.54, 1.807) is 0 Å². The van der Waals surface area contributed by atoms with E-state index in [2.05, 4.69) is 34.1 Å². The zero-order chi connectivity index (χ0) is 16.4. The Morgan fingerprint density at radius 3 is 2.41 bits per heavy atom. The molecule has 7 heteroatoms. The molecule has 1 saturated heterocycles. The SMILES string of the molecule is CC(C)c1nc(N(C)C)nc(N2CCNC(=O)[C@H]2C(C)C)n1. The average molecular weight is 306 g/mol. The van der Waals surface area contributed by atoms with Crippen molar-refractivity contribution in [2.45, 2.75) is 39.7 Å². The minimum atomic E-state index is -0.244. The second-order valence-corrected chi connectivity index (χ2v) is 6.52. The molecule has 1 atom stereocenters. The largest absolute Gasteiger partial charge is 0.353 e. The molecule has 1 aromatic heterocycles. The van der Waals surface area contributed by atoms with Crippen LogP contribution in [0, 0.1) is 5.92 Å². The van der Waals surface area contributed by atoms with Crippen molar-refractivity contribution in [2.75, 3.05) is 37.0 Å². The van der Waals surface area contributed by atoms with Crippen LogP contribution in [-0.2, 0) is 4.79 Å². The molecular weight excluding hydrogens is 280 g/mol. The number of nitrogens with one attached hydrogen (secondary N) is 1. The van der Waals surface area contributed by atoms with E-state index in [1.807, 2.05) is 37.7 Å². The first-order chi connectivity index (χ1) is 10.3. The van der Waals surface area contributed by atoms with Gasteiger partial charge in [0.1, 0.15) is 11.9 Å². The van der Waals surface area contributed by atoms with Gasteiger partial charge in [0.2, 0.25) is 17.8 Å². The second-order valence-electron chi connectivity index (χ2n) is 6.52. The topological polar surface area (TPSA) is 74.2 Å². The predicted molar refractivity (Wildman–Crippen MR) is 87.2 cm³/mol. The van der Waals surface area contributed by atoms with Crippen LogP contribution in [0.1, 0.15) is 39.4 Å². The highest BCUT2D eigenvalue weighted by atomic mass is 16.2. The van der Waals surface area contributed by atoms with Gasteiger partial charge in [0.15, 0.2) is 0 Å². The molecule has 1 fully saturated rings. The number of anilines is 2. The first kappa shape index (κ1) is 16.5. The van der Waals surface area contributed by atoms with E-state index >= 15 is 0 Å².